The van der Waals surface area contributed by atoms with E-state index in [-0.39, 0.29) is 0 Å². The van der Waals surface area contributed by atoms with Crippen LogP contribution in [0.15, 0.2) is 45.3 Å². The molecule has 0 atom stereocenters. The van der Waals surface area contributed by atoms with Crippen molar-refractivity contribution in [3.8, 4) is 5.69 Å². The number of aromatic nitrogens is 2. The van der Waals surface area contributed by atoms with Crippen molar-refractivity contribution < 1.29 is 0 Å². The van der Waals surface area contributed by atoms with E-state index in [1.165, 1.54) is 0 Å². The fraction of sp³-hybridized carbons (Fsp3) is 0. The first kappa shape index (κ1) is 13.0. The van der Waals surface area contributed by atoms with E-state index >= 15 is 0 Å². The topological polar surface area (TPSA) is 43.8 Å². The molecule has 0 spiro atoms. The first-order valence-corrected chi connectivity index (χ1v) is 7.43. The summed E-state index contributed by atoms with van der Waals surface area (Å²) in [5.41, 5.74) is 8.50. The van der Waals surface area contributed by atoms with Gasteiger partial charge >= 0.3 is 0 Å². The molecule has 3 rings (SSSR count). The number of halogens is 3. The van der Waals surface area contributed by atoms with Crippen LogP contribution in [0.4, 0.5) is 5.95 Å². The van der Waals surface area contributed by atoms with Crippen molar-refractivity contribution >= 4 is 60.4 Å². The molecule has 2 aromatic carbocycles. The summed E-state index contributed by atoms with van der Waals surface area (Å²) < 4.78 is 3.66. The van der Waals surface area contributed by atoms with Gasteiger partial charge in [0.25, 0.3) is 0 Å². The lowest BCUT2D eigenvalue weighted by molar-refractivity contribution is 1.09. The third-order valence-corrected chi connectivity index (χ3v) is 4.40. The number of nitrogens with two attached hydrogens (primary N) is 1. The monoisotopic (exact) mass is 399 g/mol. The van der Waals surface area contributed by atoms with Gasteiger partial charge in [0.05, 0.1) is 21.7 Å². The highest BCUT2D eigenvalue weighted by molar-refractivity contribution is 9.11. The van der Waals surface area contributed by atoms with E-state index in [0.29, 0.717) is 11.0 Å². The number of rotatable bonds is 1. The van der Waals surface area contributed by atoms with Crippen molar-refractivity contribution in [2.24, 2.45) is 0 Å². The summed E-state index contributed by atoms with van der Waals surface area (Å²) in [6.45, 7) is 0. The number of imidazole rings is 1. The van der Waals surface area contributed by atoms with Crippen LogP contribution >= 0.6 is 43.5 Å². The highest BCUT2D eigenvalue weighted by Gasteiger charge is 2.16. The predicted octanol–water partition coefficient (Wildman–Crippen LogP) is 4.79. The molecule has 1 aromatic heterocycles. The molecule has 96 valence electrons. The normalized spacial score (nSPS) is 11.1. The van der Waals surface area contributed by atoms with Crippen LogP contribution in [0.3, 0.4) is 0 Å². The van der Waals surface area contributed by atoms with Crippen LogP contribution in [-0.4, -0.2) is 9.55 Å². The van der Waals surface area contributed by atoms with Gasteiger partial charge in [0.2, 0.25) is 5.95 Å². The first-order valence-electron chi connectivity index (χ1n) is 5.46. The van der Waals surface area contributed by atoms with Crippen molar-refractivity contribution in [3.63, 3.8) is 0 Å². The van der Waals surface area contributed by atoms with E-state index in [1.807, 2.05) is 41.0 Å². The molecule has 0 aliphatic carbocycles. The van der Waals surface area contributed by atoms with E-state index in [4.69, 9.17) is 17.3 Å². The number of fused-ring (bicyclic) bond motifs is 1. The second-order valence-corrected chi connectivity index (χ2v) is 6.10. The first-order chi connectivity index (χ1) is 9.09. The second-order valence-electron chi connectivity index (χ2n) is 3.98. The van der Waals surface area contributed by atoms with E-state index in [2.05, 4.69) is 36.8 Å². The van der Waals surface area contributed by atoms with Gasteiger partial charge in [0.15, 0.2) is 0 Å². The minimum Gasteiger partial charge on any atom is -0.369 e. The lowest BCUT2D eigenvalue weighted by Crippen LogP contribution is -2.02. The summed E-state index contributed by atoms with van der Waals surface area (Å²) in [7, 11) is 0. The maximum absolute atomic E-state index is 6.28. The molecule has 1 heterocycles. The quantitative estimate of drug-likeness (QED) is 0.637. The molecule has 3 aromatic rings. The van der Waals surface area contributed by atoms with Crippen LogP contribution in [0, 0.1) is 0 Å². The average Bonchev–Trinajstić information content (AvgIpc) is 2.67. The zero-order chi connectivity index (χ0) is 13.6. The molecule has 0 saturated heterocycles. The highest BCUT2D eigenvalue weighted by atomic mass is 79.9. The SMILES string of the molecule is Nc1nc2cccc(Cl)c2n1-c1c(Br)cccc1Br. The van der Waals surface area contributed by atoms with Gasteiger partial charge in [-0.1, -0.05) is 23.7 Å². The minimum absolute atomic E-state index is 0.399. The molecular formula is C13H8Br2ClN3. The zero-order valence-electron chi connectivity index (χ0n) is 9.57. The van der Waals surface area contributed by atoms with Gasteiger partial charge < -0.3 is 5.73 Å². The Morgan fingerprint density at radius 1 is 1.05 bits per heavy atom. The number of hydrogen-bond donors (Lipinski definition) is 1. The van der Waals surface area contributed by atoms with Crippen LogP contribution in [0.5, 0.6) is 0 Å². The molecule has 6 heteroatoms. The number of hydrogen-bond acceptors (Lipinski definition) is 2. The maximum Gasteiger partial charge on any atom is 0.206 e. The van der Waals surface area contributed by atoms with E-state index in [9.17, 15) is 0 Å². The standard InChI is InChI=1S/C13H8Br2ClN3/c14-7-3-1-4-8(15)11(7)19-12-9(16)5-2-6-10(12)18-13(19)17/h1-6H,(H2,17,18). The Labute approximate surface area is 131 Å². The summed E-state index contributed by atoms with van der Waals surface area (Å²) in [6, 6.07) is 11.4. The van der Waals surface area contributed by atoms with Gasteiger partial charge in [0, 0.05) is 8.95 Å². The van der Waals surface area contributed by atoms with Gasteiger partial charge in [-0.2, -0.15) is 0 Å². The van der Waals surface area contributed by atoms with Crippen molar-refractivity contribution in [1.29, 1.82) is 0 Å². The number of para-hydroxylation sites is 2. The van der Waals surface area contributed by atoms with Crippen molar-refractivity contribution in [3.05, 3.63) is 50.4 Å². The molecule has 0 aliphatic heterocycles. The molecule has 0 radical (unpaired) electrons. The van der Waals surface area contributed by atoms with Crippen LogP contribution in [-0.2, 0) is 0 Å². The number of nitrogen functional groups attached to an aromatic ring is 1. The highest BCUT2D eigenvalue weighted by Crippen LogP contribution is 2.35. The smallest absolute Gasteiger partial charge is 0.206 e. The van der Waals surface area contributed by atoms with Gasteiger partial charge in [-0.3, -0.25) is 4.57 Å². The largest absolute Gasteiger partial charge is 0.369 e. The van der Waals surface area contributed by atoms with E-state index in [1.54, 1.807) is 0 Å². The van der Waals surface area contributed by atoms with Crippen molar-refractivity contribution in [2.45, 2.75) is 0 Å². The Balaban J connectivity index is 2.46. The van der Waals surface area contributed by atoms with Gasteiger partial charge in [-0.05, 0) is 56.1 Å². The minimum atomic E-state index is 0.399. The number of nitrogens with zero attached hydrogens (tertiary/aromatic N) is 2. The van der Waals surface area contributed by atoms with Crippen LogP contribution in [0.25, 0.3) is 16.7 Å². The van der Waals surface area contributed by atoms with Crippen molar-refractivity contribution in [1.82, 2.24) is 9.55 Å². The van der Waals surface area contributed by atoms with Crippen LogP contribution in [0.2, 0.25) is 5.02 Å². The fourth-order valence-corrected chi connectivity index (χ4v) is 3.64. The second kappa shape index (κ2) is 4.81. The Morgan fingerprint density at radius 2 is 1.68 bits per heavy atom. The molecule has 0 saturated carbocycles. The molecule has 0 bridgehead atoms. The molecule has 19 heavy (non-hydrogen) atoms. The van der Waals surface area contributed by atoms with Gasteiger partial charge in [-0.15, -0.1) is 0 Å². The zero-order valence-corrected chi connectivity index (χ0v) is 13.5. The van der Waals surface area contributed by atoms with E-state index < -0.39 is 0 Å². The van der Waals surface area contributed by atoms with Gasteiger partial charge in [-0.25, -0.2) is 4.98 Å². The molecular weight excluding hydrogens is 393 g/mol. The lowest BCUT2D eigenvalue weighted by Gasteiger charge is -2.11. The third-order valence-electron chi connectivity index (χ3n) is 2.81. The summed E-state index contributed by atoms with van der Waals surface area (Å²) >= 11 is 13.4. The van der Waals surface area contributed by atoms with Crippen LogP contribution in [0.1, 0.15) is 0 Å². The Hall–Kier alpha value is -1.04. The number of anilines is 1. The molecule has 0 amide bonds. The molecule has 2 N–H and O–H groups in total. The Morgan fingerprint density at radius 3 is 2.37 bits per heavy atom. The van der Waals surface area contributed by atoms with E-state index in [0.717, 1.165) is 25.7 Å². The Bertz CT molecular complexity index is 763. The van der Waals surface area contributed by atoms with Crippen molar-refractivity contribution in [2.75, 3.05) is 5.73 Å². The summed E-state index contributed by atoms with van der Waals surface area (Å²) in [5.74, 6) is 0.399. The number of benzene rings is 2. The summed E-state index contributed by atoms with van der Waals surface area (Å²) in [5, 5.41) is 0.615. The maximum atomic E-state index is 6.28. The lowest BCUT2D eigenvalue weighted by atomic mass is 10.3. The predicted molar refractivity (Wildman–Crippen MR) is 85.9 cm³/mol. The Kier molecular flexibility index (Phi) is 3.28. The summed E-state index contributed by atoms with van der Waals surface area (Å²) in [6.07, 6.45) is 0. The summed E-state index contributed by atoms with van der Waals surface area (Å²) in [4.78, 5) is 4.35. The van der Waals surface area contributed by atoms with Crippen LogP contribution < -0.4 is 5.73 Å². The molecule has 0 unspecified atom stereocenters. The molecule has 0 fully saturated rings. The van der Waals surface area contributed by atoms with Gasteiger partial charge in [0.1, 0.15) is 0 Å². The third kappa shape index (κ3) is 2.06. The average molecular weight is 401 g/mol. The fourth-order valence-electron chi connectivity index (χ4n) is 2.03. The molecule has 0 aliphatic rings. The molecule has 3 nitrogen and oxygen atoms in total.